The van der Waals surface area contributed by atoms with E-state index in [0.29, 0.717) is 11.2 Å². The maximum absolute atomic E-state index is 10.6. The van der Waals surface area contributed by atoms with Crippen LogP contribution in [0.4, 0.5) is 11.5 Å². The van der Waals surface area contributed by atoms with Gasteiger partial charge in [0.05, 0.1) is 17.1 Å². The molecule has 0 bridgehead atoms. The van der Waals surface area contributed by atoms with E-state index in [9.17, 15) is 10.1 Å². The minimum atomic E-state index is -0.475. The number of hydrogen-bond acceptors (Lipinski definition) is 4. The smallest absolute Gasteiger partial charge is 0.276 e. The zero-order valence-corrected chi connectivity index (χ0v) is 9.62. The maximum Gasteiger partial charge on any atom is 0.276 e. The van der Waals surface area contributed by atoms with Gasteiger partial charge in [0.25, 0.3) is 5.69 Å². The van der Waals surface area contributed by atoms with Crippen LogP contribution < -0.4 is 5.32 Å². The zero-order valence-electron chi connectivity index (χ0n) is 8.86. The fraction of sp³-hybridized carbons (Fsp3) is 0.500. The summed E-state index contributed by atoms with van der Waals surface area (Å²) in [5.41, 5.74) is 0.280. The fourth-order valence-corrected chi connectivity index (χ4v) is 1.58. The highest BCUT2D eigenvalue weighted by Crippen LogP contribution is 2.44. The summed E-state index contributed by atoms with van der Waals surface area (Å²) in [4.78, 5) is 14.1. The van der Waals surface area contributed by atoms with Gasteiger partial charge in [0.1, 0.15) is 11.0 Å². The van der Waals surface area contributed by atoms with E-state index in [4.69, 9.17) is 11.6 Å². The Kier molecular flexibility index (Phi) is 2.71. The molecule has 5 nitrogen and oxygen atoms in total. The minimum absolute atomic E-state index is 0.0385. The van der Waals surface area contributed by atoms with Crippen molar-refractivity contribution >= 4 is 23.1 Å². The molecule has 86 valence electrons. The average Bonchev–Trinajstić information content (AvgIpc) is 2.94. The Balaban J connectivity index is 2.10. The van der Waals surface area contributed by atoms with Gasteiger partial charge in [-0.25, -0.2) is 4.98 Å². The minimum Gasteiger partial charge on any atom is -0.369 e. The van der Waals surface area contributed by atoms with E-state index < -0.39 is 4.92 Å². The molecule has 0 spiro atoms. The molecule has 6 heteroatoms. The van der Waals surface area contributed by atoms with E-state index in [2.05, 4.69) is 17.2 Å². The summed E-state index contributed by atoms with van der Waals surface area (Å²) < 4.78 is 0. The molecule has 1 N–H and O–H groups in total. The molecule has 1 fully saturated rings. The molecule has 0 amide bonds. The molecule has 1 saturated carbocycles. The Morgan fingerprint density at radius 2 is 2.31 bits per heavy atom. The molecule has 1 aromatic heterocycles. The van der Waals surface area contributed by atoms with Crippen molar-refractivity contribution in [3.8, 4) is 0 Å². The van der Waals surface area contributed by atoms with Crippen LogP contribution in [0.5, 0.6) is 0 Å². The third-order valence-electron chi connectivity index (χ3n) is 2.79. The number of nitrogens with one attached hydrogen (secondary N) is 1. The maximum atomic E-state index is 10.6. The highest BCUT2D eigenvalue weighted by atomic mass is 35.5. The number of hydrogen-bond donors (Lipinski definition) is 1. The normalized spacial score (nSPS) is 16.9. The molecule has 1 aromatic rings. The van der Waals surface area contributed by atoms with Gasteiger partial charge in [0, 0.05) is 6.54 Å². The molecule has 0 aromatic carbocycles. The first-order valence-corrected chi connectivity index (χ1v) is 5.42. The van der Waals surface area contributed by atoms with Crippen molar-refractivity contribution in [1.82, 2.24) is 4.98 Å². The van der Waals surface area contributed by atoms with Gasteiger partial charge in [-0.15, -0.1) is 0 Å². The highest BCUT2D eigenvalue weighted by Gasteiger charge is 2.36. The molecule has 2 rings (SSSR count). The Hall–Kier alpha value is -1.36. The van der Waals surface area contributed by atoms with Crippen molar-refractivity contribution in [1.29, 1.82) is 0 Å². The first-order valence-electron chi connectivity index (χ1n) is 5.04. The summed E-state index contributed by atoms with van der Waals surface area (Å²) in [7, 11) is 0. The zero-order chi connectivity index (χ0) is 11.8. The molecule has 16 heavy (non-hydrogen) atoms. The average molecular weight is 242 g/mol. The molecule has 1 heterocycles. The van der Waals surface area contributed by atoms with E-state index in [1.165, 1.54) is 25.0 Å². The predicted molar refractivity (Wildman–Crippen MR) is 61.7 cm³/mol. The van der Waals surface area contributed by atoms with Gasteiger partial charge in [-0.3, -0.25) is 10.1 Å². The molecule has 0 saturated heterocycles. The number of aromatic nitrogens is 1. The van der Waals surface area contributed by atoms with Gasteiger partial charge >= 0.3 is 0 Å². The summed E-state index contributed by atoms with van der Waals surface area (Å²) in [6.45, 7) is 2.94. The van der Waals surface area contributed by atoms with Crippen molar-refractivity contribution in [3.63, 3.8) is 0 Å². The molecule has 0 unspecified atom stereocenters. The van der Waals surface area contributed by atoms with Crippen molar-refractivity contribution in [2.75, 3.05) is 11.9 Å². The standard InChI is InChI=1S/C10H12ClN3O2/c1-10(2-3-10)6-12-9-5-7(14(15)16)4-8(11)13-9/h4-5H,2-3,6H2,1H3,(H,12,13). The summed E-state index contributed by atoms with van der Waals surface area (Å²) in [6, 6.07) is 2.64. The van der Waals surface area contributed by atoms with Crippen LogP contribution in [0.25, 0.3) is 0 Å². The monoisotopic (exact) mass is 241 g/mol. The van der Waals surface area contributed by atoms with Crippen molar-refractivity contribution < 1.29 is 4.92 Å². The molecule has 0 atom stereocenters. The van der Waals surface area contributed by atoms with Crippen LogP contribution in [-0.2, 0) is 0 Å². The van der Waals surface area contributed by atoms with Gasteiger partial charge in [-0.2, -0.15) is 0 Å². The Morgan fingerprint density at radius 3 is 2.88 bits per heavy atom. The summed E-state index contributed by atoms with van der Waals surface area (Å²) in [5.74, 6) is 0.465. The fourth-order valence-electron chi connectivity index (χ4n) is 1.37. The second kappa shape index (κ2) is 3.90. The molecule has 0 aliphatic heterocycles. The molecule has 1 aliphatic rings. The van der Waals surface area contributed by atoms with Crippen LogP contribution >= 0.6 is 11.6 Å². The second-order valence-electron chi connectivity index (χ2n) is 4.45. The lowest BCUT2D eigenvalue weighted by Gasteiger charge is -2.10. The Bertz CT molecular complexity index is 432. The molecule has 1 aliphatic carbocycles. The third-order valence-corrected chi connectivity index (χ3v) is 2.98. The Morgan fingerprint density at radius 1 is 1.62 bits per heavy atom. The van der Waals surface area contributed by atoms with E-state index in [-0.39, 0.29) is 10.8 Å². The second-order valence-corrected chi connectivity index (χ2v) is 4.84. The highest BCUT2D eigenvalue weighted by molar-refractivity contribution is 6.29. The number of nitrogens with zero attached hydrogens (tertiary/aromatic N) is 2. The summed E-state index contributed by atoms with van der Waals surface area (Å²) in [6.07, 6.45) is 2.37. The summed E-state index contributed by atoms with van der Waals surface area (Å²) >= 11 is 5.70. The van der Waals surface area contributed by atoms with Gasteiger partial charge in [-0.05, 0) is 18.3 Å². The number of pyridine rings is 1. The Labute approximate surface area is 98.0 Å². The third kappa shape index (κ3) is 2.61. The number of rotatable bonds is 4. The van der Waals surface area contributed by atoms with Crippen LogP contribution in [0.3, 0.4) is 0 Å². The number of anilines is 1. The van der Waals surface area contributed by atoms with Gasteiger partial charge in [-0.1, -0.05) is 18.5 Å². The van der Waals surface area contributed by atoms with E-state index in [1.54, 1.807) is 0 Å². The van der Waals surface area contributed by atoms with Crippen LogP contribution in [-0.4, -0.2) is 16.5 Å². The molecule has 0 radical (unpaired) electrons. The predicted octanol–water partition coefficient (Wildman–Crippen LogP) is 2.86. The first kappa shape index (κ1) is 11.1. The largest absolute Gasteiger partial charge is 0.369 e. The van der Waals surface area contributed by atoms with Crippen LogP contribution in [0, 0.1) is 15.5 Å². The van der Waals surface area contributed by atoms with Crippen LogP contribution in [0.2, 0.25) is 5.15 Å². The van der Waals surface area contributed by atoms with E-state index in [1.807, 2.05) is 0 Å². The number of halogens is 1. The lowest BCUT2D eigenvalue weighted by Crippen LogP contribution is -2.12. The lowest BCUT2D eigenvalue weighted by molar-refractivity contribution is -0.384. The van der Waals surface area contributed by atoms with Crippen molar-refractivity contribution in [2.24, 2.45) is 5.41 Å². The number of nitro groups is 1. The topological polar surface area (TPSA) is 68.1 Å². The molecular formula is C10H12ClN3O2. The van der Waals surface area contributed by atoms with Crippen LogP contribution in [0.1, 0.15) is 19.8 Å². The quantitative estimate of drug-likeness (QED) is 0.500. The van der Waals surface area contributed by atoms with Gasteiger partial charge in [0.15, 0.2) is 0 Å². The van der Waals surface area contributed by atoms with Gasteiger partial charge < -0.3 is 5.32 Å². The SMILES string of the molecule is CC1(CNc2cc([N+](=O)[O-])cc(Cl)n2)CC1. The first-order chi connectivity index (χ1) is 7.48. The van der Waals surface area contributed by atoms with Crippen molar-refractivity contribution in [3.05, 3.63) is 27.4 Å². The lowest BCUT2D eigenvalue weighted by atomic mass is 10.1. The van der Waals surface area contributed by atoms with E-state index >= 15 is 0 Å². The molecular weight excluding hydrogens is 230 g/mol. The van der Waals surface area contributed by atoms with Crippen LogP contribution in [0.15, 0.2) is 12.1 Å². The van der Waals surface area contributed by atoms with E-state index in [0.717, 1.165) is 6.54 Å². The summed E-state index contributed by atoms with van der Waals surface area (Å²) in [5, 5.41) is 13.8. The van der Waals surface area contributed by atoms with Gasteiger partial charge in [0.2, 0.25) is 0 Å². The van der Waals surface area contributed by atoms with Crippen molar-refractivity contribution in [2.45, 2.75) is 19.8 Å².